The lowest BCUT2D eigenvalue weighted by atomic mass is 10.1. The summed E-state index contributed by atoms with van der Waals surface area (Å²) in [6.07, 6.45) is 0. The Hall–Kier alpha value is -4.41. The van der Waals surface area contributed by atoms with Gasteiger partial charge in [0, 0.05) is 23.3 Å². The molecule has 12 heteroatoms. The minimum absolute atomic E-state index is 0.0334. The first-order valence-corrected chi connectivity index (χ1v) is 10.8. The van der Waals surface area contributed by atoms with Crippen LogP contribution in [-0.4, -0.2) is 29.7 Å². The standard InChI is InChI=1S/C23H13Cl2N7O3/c24-16-6-3-5-15(18(16)25)19-20(26)28-23(30-29-19)31-21(12-8-10-13(11-9-12)32(34)35)27-17-7-2-1-4-14(17)22(31)33/h1-11H,(H2,26,28,30). The van der Waals surface area contributed by atoms with Gasteiger partial charge < -0.3 is 5.73 Å². The van der Waals surface area contributed by atoms with E-state index in [1.807, 2.05) is 0 Å². The maximum atomic E-state index is 13.5. The second kappa shape index (κ2) is 8.75. The van der Waals surface area contributed by atoms with Crippen molar-refractivity contribution in [2.24, 2.45) is 0 Å². The van der Waals surface area contributed by atoms with Crippen molar-refractivity contribution in [1.29, 1.82) is 0 Å². The number of aromatic nitrogens is 5. The molecule has 0 spiro atoms. The molecule has 0 amide bonds. The molecule has 0 radical (unpaired) electrons. The highest BCUT2D eigenvalue weighted by Crippen LogP contribution is 2.34. The van der Waals surface area contributed by atoms with Crippen molar-refractivity contribution in [1.82, 2.24) is 24.7 Å². The third kappa shape index (κ3) is 3.94. The van der Waals surface area contributed by atoms with E-state index in [2.05, 4.69) is 20.2 Å². The Morgan fingerprint density at radius 1 is 0.914 bits per heavy atom. The SMILES string of the molecule is Nc1nc(-n2c(-c3ccc([N+](=O)[O-])cc3)nc3ccccc3c2=O)nnc1-c1cccc(Cl)c1Cl. The van der Waals surface area contributed by atoms with Crippen molar-refractivity contribution in [3.8, 4) is 28.6 Å². The van der Waals surface area contributed by atoms with Crippen LogP contribution in [0, 0.1) is 10.1 Å². The quantitative estimate of drug-likeness (QED) is 0.273. The molecule has 172 valence electrons. The zero-order chi connectivity index (χ0) is 24.7. The summed E-state index contributed by atoms with van der Waals surface area (Å²) < 4.78 is 1.16. The van der Waals surface area contributed by atoms with Crippen molar-refractivity contribution < 1.29 is 4.92 Å². The number of non-ortho nitro benzene ring substituents is 1. The topological polar surface area (TPSA) is 143 Å². The van der Waals surface area contributed by atoms with Gasteiger partial charge in [-0.3, -0.25) is 14.9 Å². The van der Waals surface area contributed by atoms with Crippen molar-refractivity contribution in [2.45, 2.75) is 0 Å². The van der Waals surface area contributed by atoms with Gasteiger partial charge in [0.25, 0.3) is 17.2 Å². The van der Waals surface area contributed by atoms with Crippen LogP contribution in [0.3, 0.4) is 0 Å². The Kier molecular flexibility index (Phi) is 5.59. The highest BCUT2D eigenvalue weighted by atomic mass is 35.5. The van der Waals surface area contributed by atoms with Gasteiger partial charge in [0.05, 0.1) is 25.9 Å². The number of fused-ring (bicyclic) bond motifs is 1. The molecular weight excluding hydrogens is 493 g/mol. The van der Waals surface area contributed by atoms with E-state index in [1.54, 1.807) is 42.5 Å². The van der Waals surface area contributed by atoms with Gasteiger partial charge in [-0.25, -0.2) is 9.55 Å². The van der Waals surface area contributed by atoms with E-state index in [-0.39, 0.29) is 34.0 Å². The molecule has 0 aliphatic rings. The average molecular weight is 506 g/mol. The molecule has 0 fully saturated rings. The number of hydrogen-bond acceptors (Lipinski definition) is 8. The van der Waals surface area contributed by atoms with Crippen LogP contribution in [0.4, 0.5) is 11.5 Å². The molecule has 0 unspecified atom stereocenters. The van der Waals surface area contributed by atoms with E-state index in [0.717, 1.165) is 4.57 Å². The van der Waals surface area contributed by atoms with Gasteiger partial charge in [-0.2, -0.15) is 4.98 Å². The third-order valence-corrected chi connectivity index (χ3v) is 6.04. The summed E-state index contributed by atoms with van der Waals surface area (Å²) in [7, 11) is 0. The Bertz CT molecular complexity index is 1690. The zero-order valence-electron chi connectivity index (χ0n) is 17.6. The second-order valence-electron chi connectivity index (χ2n) is 7.34. The number of nitro benzene ring substituents is 1. The highest BCUT2D eigenvalue weighted by Gasteiger charge is 2.20. The molecular formula is C23H13Cl2N7O3. The number of anilines is 1. The normalized spacial score (nSPS) is 11.0. The Balaban J connectivity index is 1.74. The zero-order valence-corrected chi connectivity index (χ0v) is 19.1. The minimum atomic E-state index is -0.516. The summed E-state index contributed by atoms with van der Waals surface area (Å²) in [5.74, 6) is 0.00761. The monoisotopic (exact) mass is 505 g/mol. The summed E-state index contributed by atoms with van der Waals surface area (Å²) in [6, 6.07) is 17.4. The number of nitrogens with zero attached hydrogens (tertiary/aromatic N) is 6. The molecule has 2 N–H and O–H groups in total. The molecule has 5 rings (SSSR count). The number of halogens is 2. The summed E-state index contributed by atoms with van der Waals surface area (Å²) in [5, 5.41) is 20.2. The molecule has 2 aromatic heterocycles. The van der Waals surface area contributed by atoms with E-state index in [1.165, 1.54) is 24.3 Å². The number of benzene rings is 3. The fourth-order valence-electron chi connectivity index (χ4n) is 3.55. The van der Waals surface area contributed by atoms with E-state index in [4.69, 9.17) is 28.9 Å². The molecule has 0 aliphatic heterocycles. The lowest BCUT2D eigenvalue weighted by Gasteiger charge is -2.13. The number of para-hydroxylation sites is 1. The van der Waals surface area contributed by atoms with E-state index in [9.17, 15) is 14.9 Å². The van der Waals surface area contributed by atoms with Crippen molar-refractivity contribution in [2.75, 3.05) is 5.73 Å². The van der Waals surface area contributed by atoms with E-state index >= 15 is 0 Å². The number of nitrogen functional groups attached to an aromatic ring is 1. The van der Waals surface area contributed by atoms with Gasteiger partial charge in [-0.1, -0.05) is 47.5 Å². The lowest BCUT2D eigenvalue weighted by Crippen LogP contribution is -2.24. The molecule has 3 aromatic carbocycles. The van der Waals surface area contributed by atoms with E-state index in [0.29, 0.717) is 27.1 Å². The number of hydrogen-bond donors (Lipinski definition) is 1. The second-order valence-corrected chi connectivity index (χ2v) is 8.13. The predicted molar refractivity (Wildman–Crippen MR) is 133 cm³/mol. The summed E-state index contributed by atoms with van der Waals surface area (Å²) in [4.78, 5) is 33.0. The Morgan fingerprint density at radius 3 is 2.37 bits per heavy atom. The highest BCUT2D eigenvalue weighted by molar-refractivity contribution is 6.43. The molecule has 35 heavy (non-hydrogen) atoms. The van der Waals surface area contributed by atoms with Crippen LogP contribution in [0.2, 0.25) is 10.0 Å². The molecule has 0 atom stereocenters. The van der Waals surface area contributed by atoms with Crippen molar-refractivity contribution in [3.63, 3.8) is 0 Å². The fraction of sp³-hybridized carbons (Fsp3) is 0. The molecule has 0 bridgehead atoms. The fourth-order valence-corrected chi connectivity index (χ4v) is 3.94. The van der Waals surface area contributed by atoms with Crippen molar-refractivity contribution >= 4 is 45.6 Å². The summed E-state index contributed by atoms with van der Waals surface area (Å²) in [6.45, 7) is 0. The molecule has 0 saturated carbocycles. The third-order valence-electron chi connectivity index (χ3n) is 5.22. The van der Waals surface area contributed by atoms with Crippen LogP contribution in [0.15, 0.2) is 71.5 Å². The first-order valence-electron chi connectivity index (χ1n) is 10.1. The lowest BCUT2D eigenvalue weighted by molar-refractivity contribution is -0.384. The number of nitrogens with two attached hydrogens (primary N) is 1. The van der Waals surface area contributed by atoms with Gasteiger partial charge in [-0.15, -0.1) is 10.2 Å². The maximum Gasteiger partial charge on any atom is 0.269 e. The maximum absolute atomic E-state index is 13.5. The van der Waals surface area contributed by atoms with Crippen LogP contribution < -0.4 is 11.3 Å². The predicted octanol–water partition coefficient (Wildman–Crippen LogP) is 4.70. The molecule has 2 heterocycles. The molecule has 0 aliphatic carbocycles. The van der Waals surface area contributed by atoms with E-state index < -0.39 is 10.5 Å². The molecule has 5 aromatic rings. The number of nitro groups is 1. The van der Waals surface area contributed by atoms with Gasteiger partial charge >= 0.3 is 0 Å². The van der Waals surface area contributed by atoms with Gasteiger partial charge in [0.2, 0.25) is 0 Å². The largest absolute Gasteiger partial charge is 0.382 e. The molecule has 10 nitrogen and oxygen atoms in total. The Labute approximate surface area is 206 Å². The average Bonchev–Trinajstić information content (AvgIpc) is 2.86. The summed E-state index contributed by atoms with van der Waals surface area (Å²) >= 11 is 12.4. The smallest absolute Gasteiger partial charge is 0.269 e. The first-order chi connectivity index (χ1) is 16.8. The first kappa shape index (κ1) is 22.4. The van der Waals surface area contributed by atoms with Crippen LogP contribution in [0.5, 0.6) is 0 Å². The van der Waals surface area contributed by atoms with Crippen LogP contribution in [0.1, 0.15) is 0 Å². The molecule has 0 saturated heterocycles. The van der Waals surface area contributed by atoms with Crippen molar-refractivity contribution in [3.05, 3.63) is 97.2 Å². The van der Waals surface area contributed by atoms with Crippen LogP contribution >= 0.6 is 23.2 Å². The Morgan fingerprint density at radius 2 is 1.66 bits per heavy atom. The van der Waals surface area contributed by atoms with Gasteiger partial charge in [-0.05, 0) is 30.3 Å². The van der Waals surface area contributed by atoms with Gasteiger partial charge in [0.15, 0.2) is 11.6 Å². The van der Waals surface area contributed by atoms with Gasteiger partial charge in [0.1, 0.15) is 5.69 Å². The minimum Gasteiger partial charge on any atom is -0.382 e. The number of rotatable bonds is 4. The van der Waals surface area contributed by atoms with Crippen LogP contribution in [0.25, 0.3) is 39.5 Å². The summed E-state index contributed by atoms with van der Waals surface area (Å²) in [5.41, 5.74) is 7.12. The van der Waals surface area contributed by atoms with Crippen LogP contribution in [-0.2, 0) is 0 Å².